The van der Waals surface area contributed by atoms with Crippen molar-refractivity contribution in [2.24, 2.45) is 5.73 Å². The lowest BCUT2D eigenvalue weighted by molar-refractivity contribution is 0.452. The van der Waals surface area contributed by atoms with Crippen molar-refractivity contribution in [3.8, 4) is 0 Å². The zero-order valence-electron chi connectivity index (χ0n) is 10.8. The van der Waals surface area contributed by atoms with E-state index in [0.29, 0.717) is 19.5 Å². The normalized spacial score (nSPS) is 12.0. The zero-order chi connectivity index (χ0) is 13.6. The summed E-state index contributed by atoms with van der Waals surface area (Å²) >= 11 is 0. The Bertz CT molecular complexity index is 458. The maximum Gasteiger partial charge on any atom is 0.279 e. The van der Waals surface area contributed by atoms with E-state index in [9.17, 15) is 8.42 Å². The molecule has 0 radical (unpaired) electrons. The van der Waals surface area contributed by atoms with Gasteiger partial charge in [0.15, 0.2) is 0 Å². The third kappa shape index (κ3) is 4.69. The monoisotopic (exact) mass is 272 g/mol. The average Bonchev–Trinajstić information content (AvgIpc) is 2.35. The minimum atomic E-state index is -3.44. The minimum Gasteiger partial charge on any atom is -0.330 e. The van der Waals surface area contributed by atoms with Gasteiger partial charge in [-0.2, -0.15) is 17.4 Å². The molecule has 3 N–H and O–H groups in total. The van der Waals surface area contributed by atoms with Crippen LogP contribution in [-0.2, 0) is 16.8 Å². The van der Waals surface area contributed by atoms with Crippen LogP contribution in [0.5, 0.6) is 0 Å². The number of hydrogen-bond acceptors (Lipinski definition) is 4. The zero-order valence-corrected chi connectivity index (χ0v) is 11.6. The molecule has 1 aromatic heterocycles. The predicted octanol–water partition coefficient (Wildman–Crippen LogP) is 0.00502. The second-order valence-corrected chi connectivity index (χ2v) is 5.96. The van der Waals surface area contributed by atoms with E-state index in [1.54, 1.807) is 6.20 Å². The molecule has 0 fully saturated rings. The van der Waals surface area contributed by atoms with E-state index in [-0.39, 0.29) is 6.54 Å². The van der Waals surface area contributed by atoms with Gasteiger partial charge in [0, 0.05) is 32.0 Å². The van der Waals surface area contributed by atoms with E-state index in [2.05, 4.69) is 9.71 Å². The van der Waals surface area contributed by atoms with Crippen LogP contribution >= 0.6 is 0 Å². The van der Waals surface area contributed by atoms with Crippen molar-refractivity contribution >= 4 is 10.2 Å². The van der Waals surface area contributed by atoms with Crippen molar-refractivity contribution in [2.45, 2.75) is 19.9 Å². The van der Waals surface area contributed by atoms with Crippen LogP contribution in [-0.4, -0.2) is 37.8 Å². The molecule has 1 heterocycles. The molecule has 102 valence electrons. The number of nitrogens with zero attached hydrogens (tertiary/aromatic N) is 2. The van der Waals surface area contributed by atoms with E-state index in [1.165, 1.54) is 11.4 Å². The molecule has 0 saturated heterocycles. The fourth-order valence-electron chi connectivity index (χ4n) is 1.32. The Morgan fingerprint density at radius 1 is 1.44 bits per heavy atom. The van der Waals surface area contributed by atoms with Gasteiger partial charge in [0.2, 0.25) is 0 Å². The van der Waals surface area contributed by atoms with Crippen LogP contribution in [0.2, 0.25) is 0 Å². The first-order valence-corrected chi connectivity index (χ1v) is 7.22. The van der Waals surface area contributed by atoms with E-state index in [4.69, 9.17) is 5.73 Å². The van der Waals surface area contributed by atoms with Crippen LogP contribution < -0.4 is 10.5 Å². The Labute approximate surface area is 108 Å². The first-order chi connectivity index (χ1) is 8.45. The standard InChI is InChI=1S/C11H20N4O2S/c1-10-4-5-11(8-13-10)9-14-18(16,17)15(2)7-3-6-12/h4-5,8,14H,3,6-7,9,12H2,1-2H3. The van der Waals surface area contributed by atoms with Gasteiger partial charge in [0.25, 0.3) is 10.2 Å². The first kappa shape index (κ1) is 15.0. The molecule has 6 nitrogen and oxygen atoms in total. The number of nitrogens with one attached hydrogen (secondary N) is 1. The van der Waals surface area contributed by atoms with Crippen LogP contribution in [0.3, 0.4) is 0 Å². The lowest BCUT2D eigenvalue weighted by Gasteiger charge is -2.17. The maximum absolute atomic E-state index is 11.8. The van der Waals surface area contributed by atoms with Gasteiger partial charge in [-0.25, -0.2) is 0 Å². The number of pyridine rings is 1. The van der Waals surface area contributed by atoms with Gasteiger partial charge >= 0.3 is 0 Å². The molecule has 0 atom stereocenters. The van der Waals surface area contributed by atoms with Gasteiger partial charge in [-0.15, -0.1) is 0 Å². The molecular formula is C11H20N4O2S. The summed E-state index contributed by atoms with van der Waals surface area (Å²) in [5, 5.41) is 0. The predicted molar refractivity (Wildman–Crippen MR) is 71.0 cm³/mol. The third-order valence-corrected chi connectivity index (χ3v) is 4.03. The fourth-order valence-corrected chi connectivity index (χ4v) is 2.26. The summed E-state index contributed by atoms with van der Waals surface area (Å²) in [6.45, 7) is 3.01. The van der Waals surface area contributed by atoms with E-state index < -0.39 is 10.2 Å². The highest BCUT2D eigenvalue weighted by molar-refractivity contribution is 7.87. The molecule has 0 unspecified atom stereocenters. The molecule has 7 heteroatoms. The van der Waals surface area contributed by atoms with Gasteiger partial charge < -0.3 is 5.73 Å². The van der Waals surface area contributed by atoms with Crippen molar-refractivity contribution in [1.29, 1.82) is 0 Å². The summed E-state index contributed by atoms with van der Waals surface area (Å²) in [5.74, 6) is 0. The van der Waals surface area contributed by atoms with E-state index in [0.717, 1.165) is 11.3 Å². The Kier molecular flexibility index (Phi) is 5.67. The molecule has 1 rings (SSSR count). The van der Waals surface area contributed by atoms with Crippen molar-refractivity contribution < 1.29 is 8.42 Å². The van der Waals surface area contributed by atoms with E-state index in [1.807, 2.05) is 19.1 Å². The summed E-state index contributed by atoms with van der Waals surface area (Å²) in [6, 6.07) is 3.70. The van der Waals surface area contributed by atoms with Crippen molar-refractivity contribution in [1.82, 2.24) is 14.0 Å². The molecule has 1 aromatic rings. The molecule has 0 amide bonds. The molecule has 0 bridgehead atoms. The van der Waals surface area contributed by atoms with Crippen LogP contribution in [0.25, 0.3) is 0 Å². The summed E-state index contributed by atoms with van der Waals surface area (Å²) < 4.78 is 27.4. The Balaban J connectivity index is 2.53. The number of rotatable bonds is 7. The summed E-state index contributed by atoms with van der Waals surface area (Å²) in [4.78, 5) is 4.11. The van der Waals surface area contributed by atoms with Crippen LogP contribution in [0.4, 0.5) is 0 Å². The number of aromatic nitrogens is 1. The van der Waals surface area contributed by atoms with E-state index >= 15 is 0 Å². The molecule has 0 aliphatic carbocycles. The Morgan fingerprint density at radius 2 is 2.17 bits per heavy atom. The number of aryl methyl sites for hydroxylation is 1. The molecule has 0 aromatic carbocycles. The van der Waals surface area contributed by atoms with Crippen LogP contribution in [0, 0.1) is 6.92 Å². The molecule has 0 aliphatic rings. The SMILES string of the molecule is Cc1ccc(CNS(=O)(=O)N(C)CCCN)cn1. The summed E-state index contributed by atoms with van der Waals surface area (Å²) in [7, 11) is -1.91. The fraction of sp³-hybridized carbons (Fsp3) is 0.545. The first-order valence-electron chi connectivity index (χ1n) is 5.78. The second-order valence-electron chi connectivity index (χ2n) is 4.10. The van der Waals surface area contributed by atoms with Gasteiger partial charge in [-0.3, -0.25) is 4.98 Å². The smallest absolute Gasteiger partial charge is 0.279 e. The van der Waals surface area contributed by atoms with Gasteiger partial charge in [0.05, 0.1) is 0 Å². The van der Waals surface area contributed by atoms with Crippen LogP contribution in [0.1, 0.15) is 17.7 Å². The summed E-state index contributed by atoms with van der Waals surface area (Å²) in [6.07, 6.45) is 2.31. The lowest BCUT2D eigenvalue weighted by Crippen LogP contribution is -2.38. The topological polar surface area (TPSA) is 88.3 Å². The Hall–Kier alpha value is -1.02. The second kappa shape index (κ2) is 6.79. The van der Waals surface area contributed by atoms with Crippen molar-refractivity contribution in [3.63, 3.8) is 0 Å². The maximum atomic E-state index is 11.8. The highest BCUT2D eigenvalue weighted by atomic mass is 32.2. The molecule has 0 saturated carbocycles. The highest BCUT2D eigenvalue weighted by Crippen LogP contribution is 2.01. The van der Waals surface area contributed by atoms with Gasteiger partial charge in [-0.05, 0) is 31.5 Å². The number of hydrogen-bond donors (Lipinski definition) is 2. The molecule has 0 spiro atoms. The summed E-state index contributed by atoms with van der Waals surface area (Å²) in [5.41, 5.74) is 7.08. The van der Waals surface area contributed by atoms with Crippen molar-refractivity contribution in [2.75, 3.05) is 20.1 Å². The Morgan fingerprint density at radius 3 is 2.72 bits per heavy atom. The molecular weight excluding hydrogens is 252 g/mol. The van der Waals surface area contributed by atoms with Crippen molar-refractivity contribution in [3.05, 3.63) is 29.6 Å². The third-order valence-electron chi connectivity index (χ3n) is 2.52. The molecule has 18 heavy (non-hydrogen) atoms. The van der Waals surface area contributed by atoms with Gasteiger partial charge in [0.1, 0.15) is 0 Å². The van der Waals surface area contributed by atoms with Crippen LogP contribution in [0.15, 0.2) is 18.3 Å². The van der Waals surface area contributed by atoms with Gasteiger partial charge in [-0.1, -0.05) is 6.07 Å². The largest absolute Gasteiger partial charge is 0.330 e. The highest BCUT2D eigenvalue weighted by Gasteiger charge is 2.16. The molecule has 0 aliphatic heterocycles. The quantitative estimate of drug-likeness (QED) is 0.731. The minimum absolute atomic E-state index is 0.239. The lowest BCUT2D eigenvalue weighted by atomic mass is 10.2. The number of nitrogens with two attached hydrogens (primary N) is 1. The average molecular weight is 272 g/mol.